The largest absolute Gasteiger partial charge is 0.497 e. The number of methoxy groups -OCH3 is 1. The first-order chi connectivity index (χ1) is 17.2. The molecule has 2 rings (SSSR count). The lowest BCUT2D eigenvalue weighted by Gasteiger charge is -2.33. The van der Waals surface area contributed by atoms with Crippen LogP contribution in [0, 0.1) is 0 Å². The van der Waals surface area contributed by atoms with E-state index in [2.05, 4.69) is 5.32 Å². The van der Waals surface area contributed by atoms with E-state index in [1.54, 1.807) is 45.0 Å². The Morgan fingerprint density at radius 1 is 1.08 bits per heavy atom. The van der Waals surface area contributed by atoms with E-state index in [9.17, 15) is 31.2 Å². The number of halogens is 3. The Balaban J connectivity index is 2.51. The summed E-state index contributed by atoms with van der Waals surface area (Å²) in [5, 5.41) is 2.76. The zero-order chi connectivity index (χ0) is 28.0. The third-order valence-electron chi connectivity index (χ3n) is 5.44. The van der Waals surface area contributed by atoms with Gasteiger partial charge < -0.3 is 15.0 Å². The summed E-state index contributed by atoms with van der Waals surface area (Å²) < 4.78 is 70.8. The van der Waals surface area contributed by atoms with Gasteiger partial charge in [0.15, 0.2) is 0 Å². The van der Waals surface area contributed by atoms with Gasteiger partial charge in [0.2, 0.25) is 21.8 Å². The van der Waals surface area contributed by atoms with Crippen LogP contribution in [0.1, 0.15) is 38.3 Å². The van der Waals surface area contributed by atoms with E-state index in [-0.39, 0.29) is 24.7 Å². The molecule has 0 fully saturated rings. The van der Waals surface area contributed by atoms with Crippen molar-refractivity contribution < 1.29 is 35.9 Å². The second-order valence-electron chi connectivity index (χ2n) is 8.78. The maximum atomic E-state index is 13.6. The van der Waals surface area contributed by atoms with Gasteiger partial charge in [-0.2, -0.15) is 13.2 Å². The number of carbonyl (C=O) groups is 2. The first-order valence-electron chi connectivity index (χ1n) is 11.5. The van der Waals surface area contributed by atoms with Crippen LogP contribution in [0.15, 0.2) is 48.5 Å². The number of ether oxygens (including phenoxy) is 1. The predicted molar refractivity (Wildman–Crippen MR) is 135 cm³/mol. The summed E-state index contributed by atoms with van der Waals surface area (Å²) in [6.45, 7) is 4.38. The lowest BCUT2D eigenvalue weighted by atomic mass is 10.1. The molecule has 0 aromatic heterocycles. The van der Waals surface area contributed by atoms with Crippen molar-refractivity contribution in [2.45, 2.75) is 52.0 Å². The minimum Gasteiger partial charge on any atom is -0.497 e. The Hall–Kier alpha value is -3.28. The molecule has 2 aromatic rings. The molecule has 0 aliphatic heterocycles. The molecule has 0 unspecified atom stereocenters. The molecular weight excluding hydrogens is 511 g/mol. The van der Waals surface area contributed by atoms with Crippen LogP contribution in [0.25, 0.3) is 0 Å². The normalized spacial score (nSPS) is 12.7. The SMILES string of the molecule is CC[C@@H](C(=O)NC(C)C)N(Cc1cccc(OC)c1)C(=O)CN(c1cccc(C(F)(F)F)c1)S(C)(=O)=O. The lowest BCUT2D eigenvalue weighted by molar-refractivity contribution is -0.140. The first-order valence-corrected chi connectivity index (χ1v) is 13.4. The number of hydrogen-bond acceptors (Lipinski definition) is 5. The molecule has 0 aliphatic rings. The molecule has 1 N–H and O–H groups in total. The Morgan fingerprint density at radius 2 is 1.73 bits per heavy atom. The van der Waals surface area contributed by atoms with Crippen molar-refractivity contribution in [2.75, 3.05) is 24.2 Å². The number of anilines is 1. The highest BCUT2D eigenvalue weighted by molar-refractivity contribution is 7.92. The third-order valence-corrected chi connectivity index (χ3v) is 6.59. The summed E-state index contributed by atoms with van der Waals surface area (Å²) in [5.74, 6) is -0.665. The maximum absolute atomic E-state index is 13.6. The number of hydrogen-bond donors (Lipinski definition) is 1. The van der Waals surface area contributed by atoms with Crippen LogP contribution in [-0.4, -0.2) is 57.1 Å². The van der Waals surface area contributed by atoms with Crippen LogP contribution in [0.3, 0.4) is 0 Å². The molecule has 2 amide bonds. The highest BCUT2D eigenvalue weighted by Crippen LogP contribution is 2.32. The van der Waals surface area contributed by atoms with Gasteiger partial charge in [-0.25, -0.2) is 8.42 Å². The highest BCUT2D eigenvalue weighted by Gasteiger charge is 2.34. The van der Waals surface area contributed by atoms with Gasteiger partial charge in [-0.3, -0.25) is 13.9 Å². The number of rotatable bonds is 11. The zero-order valence-corrected chi connectivity index (χ0v) is 22.2. The standard InChI is InChI=1S/C25H32F3N3O5S/c1-6-22(24(33)29-17(2)3)30(15-18-9-7-12-21(13-18)36-4)23(32)16-31(37(5,34)35)20-11-8-10-19(14-20)25(26,27)28/h7-14,17,22H,6,15-16H2,1-5H3,(H,29,33)/t22-/m0/s1. The van der Waals surface area contributed by atoms with Crippen molar-refractivity contribution in [3.8, 4) is 5.75 Å². The molecule has 0 heterocycles. The Labute approximate surface area is 215 Å². The zero-order valence-electron chi connectivity index (χ0n) is 21.4. The van der Waals surface area contributed by atoms with Gasteiger partial charge in [-0.1, -0.05) is 25.1 Å². The van der Waals surface area contributed by atoms with Crippen molar-refractivity contribution in [2.24, 2.45) is 0 Å². The van der Waals surface area contributed by atoms with E-state index in [1.165, 1.54) is 18.1 Å². The van der Waals surface area contributed by atoms with Crippen molar-refractivity contribution in [3.05, 3.63) is 59.7 Å². The van der Waals surface area contributed by atoms with Crippen molar-refractivity contribution in [3.63, 3.8) is 0 Å². The van der Waals surface area contributed by atoms with E-state index in [0.29, 0.717) is 21.7 Å². The second-order valence-corrected chi connectivity index (χ2v) is 10.7. The van der Waals surface area contributed by atoms with E-state index >= 15 is 0 Å². The van der Waals surface area contributed by atoms with E-state index in [4.69, 9.17) is 4.74 Å². The van der Waals surface area contributed by atoms with Crippen LogP contribution in [0.4, 0.5) is 18.9 Å². The summed E-state index contributed by atoms with van der Waals surface area (Å²) in [4.78, 5) is 27.8. The molecule has 0 saturated carbocycles. The second kappa shape index (κ2) is 12.3. The Morgan fingerprint density at radius 3 is 2.27 bits per heavy atom. The van der Waals surface area contributed by atoms with Crippen LogP contribution >= 0.6 is 0 Å². The maximum Gasteiger partial charge on any atom is 0.416 e. The molecule has 2 aromatic carbocycles. The minimum atomic E-state index is -4.70. The smallest absolute Gasteiger partial charge is 0.416 e. The van der Waals surface area contributed by atoms with Crippen LogP contribution in [0.2, 0.25) is 0 Å². The van der Waals surface area contributed by atoms with Gasteiger partial charge in [0.05, 0.1) is 24.6 Å². The van der Waals surface area contributed by atoms with E-state index < -0.39 is 46.2 Å². The number of amides is 2. The van der Waals surface area contributed by atoms with Gasteiger partial charge in [-0.05, 0) is 56.2 Å². The average Bonchev–Trinajstić information content (AvgIpc) is 2.80. The van der Waals surface area contributed by atoms with Crippen molar-refractivity contribution >= 4 is 27.5 Å². The molecule has 1 atom stereocenters. The molecule has 37 heavy (non-hydrogen) atoms. The number of alkyl halides is 3. The molecule has 8 nitrogen and oxygen atoms in total. The van der Waals surface area contributed by atoms with Gasteiger partial charge >= 0.3 is 6.18 Å². The summed E-state index contributed by atoms with van der Waals surface area (Å²) >= 11 is 0. The van der Waals surface area contributed by atoms with Gasteiger partial charge in [0, 0.05) is 12.6 Å². The minimum absolute atomic E-state index is 0.0553. The molecule has 12 heteroatoms. The van der Waals surface area contributed by atoms with Crippen molar-refractivity contribution in [1.82, 2.24) is 10.2 Å². The summed E-state index contributed by atoms with van der Waals surface area (Å²) in [6.07, 6.45) is -3.68. The van der Waals surface area contributed by atoms with Gasteiger partial charge in [0.25, 0.3) is 0 Å². The monoisotopic (exact) mass is 543 g/mol. The average molecular weight is 544 g/mol. The predicted octanol–water partition coefficient (Wildman–Crippen LogP) is 3.81. The number of carbonyl (C=O) groups excluding carboxylic acids is 2. The van der Waals surface area contributed by atoms with Crippen LogP contribution in [0.5, 0.6) is 5.75 Å². The molecule has 0 saturated heterocycles. The summed E-state index contributed by atoms with van der Waals surface area (Å²) in [7, 11) is -2.69. The fourth-order valence-corrected chi connectivity index (χ4v) is 4.56. The summed E-state index contributed by atoms with van der Waals surface area (Å²) in [6, 6.07) is 9.36. The number of sulfonamides is 1. The Bertz CT molecular complexity index is 1200. The topological polar surface area (TPSA) is 96.0 Å². The molecule has 204 valence electrons. The number of nitrogens with zero attached hydrogens (tertiary/aromatic N) is 2. The van der Waals surface area contributed by atoms with E-state index in [1.807, 2.05) is 0 Å². The molecule has 0 spiro atoms. The fourth-order valence-electron chi connectivity index (χ4n) is 3.72. The number of benzene rings is 2. The molecule has 0 bridgehead atoms. The molecule has 0 aliphatic carbocycles. The molecular formula is C25H32F3N3O5S. The van der Waals surface area contributed by atoms with Crippen molar-refractivity contribution in [1.29, 1.82) is 0 Å². The van der Waals surface area contributed by atoms with E-state index in [0.717, 1.165) is 18.4 Å². The van der Waals surface area contributed by atoms with Gasteiger partial charge in [0.1, 0.15) is 18.3 Å². The molecule has 0 radical (unpaired) electrons. The number of nitrogens with one attached hydrogen (secondary N) is 1. The first kappa shape index (κ1) is 29.9. The third kappa shape index (κ3) is 8.38. The van der Waals surface area contributed by atoms with Crippen LogP contribution < -0.4 is 14.4 Å². The van der Waals surface area contributed by atoms with Gasteiger partial charge in [-0.15, -0.1) is 0 Å². The highest BCUT2D eigenvalue weighted by atomic mass is 32.2. The van der Waals surface area contributed by atoms with Crippen LogP contribution in [-0.2, 0) is 32.3 Å². The summed E-state index contributed by atoms with van der Waals surface area (Å²) in [5.41, 5.74) is -0.748. The fraction of sp³-hybridized carbons (Fsp3) is 0.440. The lowest BCUT2D eigenvalue weighted by Crippen LogP contribution is -2.53. The quantitative estimate of drug-likeness (QED) is 0.465. The Kier molecular flexibility index (Phi) is 9.96.